The Labute approximate surface area is 255 Å². The Morgan fingerprint density at radius 3 is 2.27 bits per heavy atom. The highest BCUT2D eigenvalue weighted by Gasteiger charge is 2.58. The van der Waals surface area contributed by atoms with Crippen molar-refractivity contribution in [1.82, 2.24) is 4.98 Å². The molecule has 1 saturated heterocycles. The van der Waals surface area contributed by atoms with Crippen LogP contribution in [0.25, 0.3) is 11.1 Å². The molecule has 9 nitrogen and oxygen atoms in total. The molecule has 0 radical (unpaired) electrons. The van der Waals surface area contributed by atoms with E-state index in [-0.39, 0.29) is 22.5 Å². The second-order valence-corrected chi connectivity index (χ2v) is 10.7. The van der Waals surface area contributed by atoms with E-state index < -0.39 is 35.4 Å². The molecular weight excluding hydrogens is 588 g/mol. The van der Waals surface area contributed by atoms with Crippen LogP contribution in [-0.4, -0.2) is 48.6 Å². The number of aromatic nitrogens is 1. The molecule has 0 saturated carbocycles. The van der Waals surface area contributed by atoms with Crippen molar-refractivity contribution in [3.8, 4) is 17.2 Å². The van der Waals surface area contributed by atoms with Gasteiger partial charge in [0.25, 0.3) is 0 Å². The maximum absolute atomic E-state index is 15.9. The van der Waals surface area contributed by atoms with Gasteiger partial charge in [0.15, 0.2) is 11.4 Å². The molecule has 0 spiro atoms. The third-order valence-electron chi connectivity index (χ3n) is 8.15. The normalized spacial score (nSPS) is 18.4. The van der Waals surface area contributed by atoms with Crippen molar-refractivity contribution in [2.24, 2.45) is 21.2 Å². The minimum absolute atomic E-state index is 0.142. The highest BCUT2D eigenvalue weighted by atomic mass is 19.3. The fourth-order valence-electron chi connectivity index (χ4n) is 5.70. The number of pyridine rings is 1. The lowest BCUT2D eigenvalue weighted by molar-refractivity contribution is -0.192. The summed E-state index contributed by atoms with van der Waals surface area (Å²) >= 11 is 0. The average molecular weight is 615 g/mol. The molecule has 2 aliphatic rings. The number of anilines is 2. The van der Waals surface area contributed by atoms with E-state index in [1.165, 1.54) is 18.3 Å². The first-order valence-electron chi connectivity index (χ1n) is 14.0. The smallest absolute Gasteiger partial charge is 0.323 e. The fourth-order valence-corrected chi connectivity index (χ4v) is 5.70. The molecule has 1 atom stereocenters. The van der Waals surface area contributed by atoms with Crippen LogP contribution in [-0.2, 0) is 11.5 Å². The van der Waals surface area contributed by atoms with Crippen LogP contribution in [0.15, 0.2) is 94.3 Å². The molecule has 3 aromatic carbocycles. The summed E-state index contributed by atoms with van der Waals surface area (Å²) in [6, 6.07) is 19.6. The Kier molecular flexibility index (Phi) is 7.68. The Hall–Kier alpha value is -5.35. The molecule has 3 heterocycles. The third kappa shape index (κ3) is 5.33. The van der Waals surface area contributed by atoms with E-state index in [9.17, 15) is 13.9 Å². The number of piperazine rings is 1. The van der Waals surface area contributed by atoms with E-state index in [2.05, 4.69) is 25.2 Å². The van der Waals surface area contributed by atoms with Crippen LogP contribution in [0.1, 0.15) is 22.4 Å². The summed E-state index contributed by atoms with van der Waals surface area (Å²) in [5, 5.41) is 26.9. The first-order valence-corrected chi connectivity index (χ1v) is 14.0. The standard InChI is InChI=1S/C32H26F4N8O/c33-23-5-8-26-25(16-23)30(41-42-38)40-19-31(26,45)32(35,36)29-10-4-22(18-39-29)21-2-6-24(7-3-21)43-11-13-44(14-12-43)28-9-1-20(17-37)15-27(28)34/h1-10,15-16,18,45H,11-14,19H2,(H2,38,40,41)/t31-/m0/s1. The Morgan fingerprint density at radius 2 is 1.62 bits per heavy atom. The van der Waals surface area contributed by atoms with Crippen molar-refractivity contribution in [2.45, 2.75) is 11.5 Å². The molecule has 228 valence electrons. The summed E-state index contributed by atoms with van der Waals surface area (Å²) in [6.45, 7) is 1.74. The van der Waals surface area contributed by atoms with Crippen molar-refractivity contribution in [1.29, 1.82) is 5.26 Å². The monoisotopic (exact) mass is 614 g/mol. The molecule has 0 aliphatic carbocycles. The molecule has 1 aromatic heterocycles. The number of hydrogen-bond acceptors (Lipinski definition) is 8. The van der Waals surface area contributed by atoms with Gasteiger partial charge in [0, 0.05) is 54.8 Å². The second-order valence-electron chi connectivity index (χ2n) is 10.7. The predicted octanol–water partition coefficient (Wildman–Crippen LogP) is 5.29. The Bertz CT molecular complexity index is 1830. The van der Waals surface area contributed by atoms with Crippen molar-refractivity contribution < 1.29 is 22.7 Å². The topological polar surface area (TPSA) is 126 Å². The zero-order chi connectivity index (χ0) is 31.8. The highest BCUT2D eigenvalue weighted by molar-refractivity contribution is 6.01. The number of nitrogens with zero attached hydrogens (tertiary/aromatic N) is 7. The number of amidine groups is 1. The SMILES string of the molecule is N#Cc1ccc(N2CCN(c3ccc(-c4ccc(C(F)(F)[C@]5(O)CN=C(N=NN)c6cc(F)ccc65)nc4)cc3)CC2)c(F)c1. The highest BCUT2D eigenvalue weighted by Crippen LogP contribution is 2.48. The van der Waals surface area contributed by atoms with Gasteiger partial charge in [-0.2, -0.15) is 14.0 Å². The molecule has 4 aromatic rings. The van der Waals surface area contributed by atoms with E-state index in [0.717, 1.165) is 35.5 Å². The van der Waals surface area contributed by atoms with E-state index >= 15 is 8.78 Å². The number of fused-ring (bicyclic) bond motifs is 1. The molecular formula is C32H26F4N8O. The van der Waals surface area contributed by atoms with Crippen LogP contribution in [0.4, 0.5) is 28.9 Å². The lowest BCUT2D eigenvalue weighted by Gasteiger charge is -2.38. The molecule has 2 aliphatic heterocycles. The summed E-state index contributed by atoms with van der Waals surface area (Å²) in [5.41, 5.74) is -0.881. The second kappa shape index (κ2) is 11.6. The van der Waals surface area contributed by atoms with Crippen molar-refractivity contribution in [3.05, 3.63) is 113 Å². The molecule has 0 bridgehead atoms. The van der Waals surface area contributed by atoms with Crippen molar-refractivity contribution in [3.63, 3.8) is 0 Å². The summed E-state index contributed by atoms with van der Waals surface area (Å²) in [5.74, 6) is -0.132. The number of halogens is 4. The van der Waals surface area contributed by atoms with Crippen molar-refractivity contribution in [2.75, 3.05) is 42.5 Å². The van der Waals surface area contributed by atoms with Gasteiger partial charge < -0.3 is 20.7 Å². The zero-order valence-corrected chi connectivity index (χ0v) is 23.7. The molecule has 13 heteroatoms. The van der Waals surface area contributed by atoms with Gasteiger partial charge in [-0.1, -0.05) is 29.5 Å². The van der Waals surface area contributed by atoms with Gasteiger partial charge in [0.1, 0.15) is 17.3 Å². The fraction of sp³-hybridized carbons (Fsp3) is 0.219. The molecule has 0 unspecified atom stereocenters. The molecule has 3 N–H and O–H groups in total. The van der Waals surface area contributed by atoms with Gasteiger partial charge >= 0.3 is 5.92 Å². The van der Waals surface area contributed by atoms with Gasteiger partial charge in [-0.3, -0.25) is 9.98 Å². The van der Waals surface area contributed by atoms with Crippen molar-refractivity contribution >= 4 is 17.2 Å². The first-order chi connectivity index (χ1) is 21.6. The van der Waals surface area contributed by atoms with Crippen LogP contribution < -0.4 is 15.6 Å². The maximum Gasteiger partial charge on any atom is 0.323 e. The lowest BCUT2D eigenvalue weighted by atomic mass is 9.80. The van der Waals surface area contributed by atoms with Gasteiger partial charge in [0.05, 0.1) is 23.9 Å². The van der Waals surface area contributed by atoms with E-state index in [1.807, 2.05) is 35.2 Å². The third-order valence-corrected chi connectivity index (χ3v) is 8.15. The number of aliphatic hydroxyl groups is 1. The summed E-state index contributed by atoms with van der Waals surface area (Å²) < 4.78 is 60.2. The first kappa shape index (κ1) is 29.7. The maximum atomic E-state index is 15.9. The number of alkyl halides is 2. The van der Waals surface area contributed by atoms with E-state index in [0.29, 0.717) is 37.4 Å². The summed E-state index contributed by atoms with van der Waals surface area (Å²) in [6.07, 6.45) is 1.30. The number of rotatable bonds is 5. The predicted molar refractivity (Wildman–Crippen MR) is 160 cm³/mol. The summed E-state index contributed by atoms with van der Waals surface area (Å²) in [4.78, 5) is 12.0. The molecule has 0 amide bonds. The van der Waals surface area contributed by atoms with Crippen LogP contribution in [0, 0.1) is 23.0 Å². The quantitative estimate of drug-likeness (QED) is 0.136. The zero-order valence-electron chi connectivity index (χ0n) is 23.7. The Balaban J connectivity index is 1.16. The molecule has 45 heavy (non-hydrogen) atoms. The number of aliphatic imine (C=N–C) groups is 1. The average Bonchev–Trinajstić information content (AvgIpc) is 3.06. The van der Waals surface area contributed by atoms with Gasteiger partial charge in [-0.15, -0.1) is 5.11 Å². The van der Waals surface area contributed by atoms with Gasteiger partial charge in [0.2, 0.25) is 0 Å². The number of benzene rings is 3. The number of nitriles is 1. The minimum atomic E-state index is -3.90. The number of nitrogens with two attached hydrogens (primary N) is 1. The Morgan fingerprint density at radius 1 is 0.911 bits per heavy atom. The van der Waals surface area contributed by atoms with E-state index in [4.69, 9.17) is 11.1 Å². The van der Waals surface area contributed by atoms with Gasteiger partial charge in [-0.05, 0) is 54.1 Å². The minimum Gasteiger partial charge on any atom is -0.377 e. The lowest BCUT2D eigenvalue weighted by Crippen LogP contribution is -2.49. The largest absolute Gasteiger partial charge is 0.377 e. The summed E-state index contributed by atoms with van der Waals surface area (Å²) in [7, 11) is 0. The van der Waals surface area contributed by atoms with E-state index in [1.54, 1.807) is 12.1 Å². The van der Waals surface area contributed by atoms with Crippen LogP contribution in [0.5, 0.6) is 0 Å². The molecule has 1 fully saturated rings. The van der Waals surface area contributed by atoms with Crippen LogP contribution in [0.3, 0.4) is 0 Å². The van der Waals surface area contributed by atoms with Gasteiger partial charge in [-0.25, -0.2) is 8.78 Å². The van der Waals surface area contributed by atoms with Crippen LogP contribution >= 0.6 is 0 Å². The van der Waals surface area contributed by atoms with Crippen LogP contribution in [0.2, 0.25) is 0 Å². The number of hydrogen-bond donors (Lipinski definition) is 2. The molecule has 6 rings (SSSR count).